The van der Waals surface area contributed by atoms with E-state index in [9.17, 15) is 5.11 Å². The number of pyridine rings is 1. The molecular formula is C12H9Cl2NO. The smallest absolute Gasteiger partial charge is 0.131 e. The average Bonchev–Trinajstić information content (AvgIpc) is 2.28. The molecule has 16 heavy (non-hydrogen) atoms. The van der Waals surface area contributed by atoms with Gasteiger partial charge in [0.25, 0.3) is 0 Å². The van der Waals surface area contributed by atoms with E-state index in [0.29, 0.717) is 5.56 Å². The van der Waals surface area contributed by atoms with Crippen molar-refractivity contribution in [3.05, 3.63) is 63.9 Å². The van der Waals surface area contributed by atoms with Crippen LogP contribution in [0.1, 0.15) is 17.2 Å². The Hall–Kier alpha value is -1.09. The first kappa shape index (κ1) is 11.4. The van der Waals surface area contributed by atoms with Crippen LogP contribution in [-0.4, -0.2) is 10.1 Å². The van der Waals surface area contributed by atoms with Gasteiger partial charge in [0.05, 0.1) is 0 Å². The molecule has 0 spiro atoms. The fourth-order valence-electron chi connectivity index (χ4n) is 1.47. The first-order chi connectivity index (χ1) is 7.66. The van der Waals surface area contributed by atoms with E-state index >= 15 is 0 Å². The molecule has 0 bridgehead atoms. The molecule has 2 aromatic rings. The van der Waals surface area contributed by atoms with E-state index in [2.05, 4.69) is 4.98 Å². The van der Waals surface area contributed by atoms with Crippen molar-refractivity contribution in [1.29, 1.82) is 0 Å². The third-order valence-electron chi connectivity index (χ3n) is 2.22. The number of aliphatic hydroxyl groups is 1. The van der Waals surface area contributed by atoms with Crippen molar-refractivity contribution < 1.29 is 5.11 Å². The summed E-state index contributed by atoms with van der Waals surface area (Å²) >= 11 is 11.5. The van der Waals surface area contributed by atoms with Crippen LogP contribution in [0.15, 0.2) is 42.5 Å². The van der Waals surface area contributed by atoms with Crippen LogP contribution in [0.5, 0.6) is 0 Å². The number of aliphatic hydroxyl groups excluding tert-OH is 1. The van der Waals surface area contributed by atoms with Crippen molar-refractivity contribution in [2.45, 2.75) is 6.10 Å². The van der Waals surface area contributed by atoms with Gasteiger partial charge in [-0.1, -0.05) is 53.5 Å². The second-order valence-electron chi connectivity index (χ2n) is 3.36. The second kappa shape index (κ2) is 4.83. The lowest BCUT2D eigenvalue weighted by atomic mass is 10.0. The lowest BCUT2D eigenvalue weighted by Gasteiger charge is -2.11. The third-order valence-corrected chi connectivity index (χ3v) is 2.60. The van der Waals surface area contributed by atoms with Crippen molar-refractivity contribution >= 4 is 23.2 Å². The quantitative estimate of drug-likeness (QED) is 0.832. The predicted molar refractivity (Wildman–Crippen MR) is 64.8 cm³/mol. The van der Waals surface area contributed by atoms with Gasteiger partial charge in [-0.05, 0) is 23.3 Å². The first-order valence-corrected chi connectivity index (χ1v) is 5.48. The minimum absolute atomic E-state index is 0.275. The summed E-state index contributed by atoms with van der Waals surface area (Å²) in [6.45, 7) is 0. The first-order valence-electron chi connectivity index (χ1n) is 4.73. The van der Waals surface area contributed by atoms with Crippen molar-refractivity contribution in [1.82, 2.24) is 4.98 Å². The summed E-state index contributed by atoms with van der Waals surface area (Å²) in [6.07, 6.45) is -0.737. The van der Waals surface area contributed by atoms with Crippen LogP contribution in [0.3, 0.4) is 0 Å². The van der Waals surface area contributed by atoms with Crippen molar-refractivity contribution in [2.75, 3.05) is 0 Å². The number of rotatable bonds is 2. The van der Waals surface area contributed by atoms with Crippen molar-refractivity contribution in [3.8, 4) is 0 Å². The molecule has 4 heteroatoms. The van der Waals surface area contributed by atoms with Crippen LogP contribution in [0, 0.1) is 0 Å². The minimum atomic E-state index is -0.737. The standard InChI is InChI=1S/C12H9Cl2NO/c13-10-6-9(7-11(14)15-10)12(16)8-4-2-1-3-5-8/h1-7,12,16H. The van der Waals surface area contributed by atoms with E-state index in [1.165, 1.54) is 0 Å². The molecule has 2 nitrogen and oxygen atoms in total. The van der Waals surface area contributed by atoms with Gasteiger partial charge in [-0.2, -0.15) is 0 Å². The molecule has 0 radical (unpaired) electrons. The zero-order valence-corrected chi connectivity index (χ0v) is 9.78. The molecule has 0 fully saturated rings. The molecule has 2 rings (SSSR count). The molecule has 0 saturated carbocycles. The Morgan fingerprint density at radius 3 is 2.06 bits per heavy atom. The van der Waals surface area contributed by atoms with Crippen molar-refractivity contribution in [2.24, 2.45) is 0 Å². The summed E-state index contributed by atoms with van der Waals surface area (Å²) in [7, 11) is 0. The maximum absolute atomic E-state index is 10.1. The van der Waals surface area contributed by atoms with E-state index < -0.39 is 6.10 Å². The van der Waals surface area contributed by atoms with Crippen LogP contribution in [0.25, 0.3) is 0 Å². The van der Waals surface area contributed by atoms with Gasteiger partial charge < -0.3 is 5.11 Å². The molecule has 1 heterocycles. The Morgan fingerprint density at radius 1 is 0.938 bits per heavy atom. The van der Waals surface area contributed by atoms with Crippen LogP contribution < -0.4 is 0 Å². The fraction of sp³-hybridized carbons (Fsp3) is 0.0833. The monoisotopic (exact) mass is 253 g/mol. The number of aromatic nitrogens is 1. The molecular weight excluding hydrogens is 245 g/mol. The highest BCUT2D eigenvalue weighted by Crippen LogP contribution is 2.25. The van der Waals surface area contributed by atoms with Gasteiger partial charge in [-0.15, -0.1) is 0 Å². The number of hydrogen-bond acceptors (Lipinski definition) is 2. The van der Waals surface area contributed by atoms with Crippen LogP contribution >= 0.6 is 23.2 Å². The molecule has 0 aliphatic rings. The maximum Gasteiger partial charge on any atom is 0.131 e. The van der Waals surface area contributed by atoms with E-state index in [1.54, 1.807) is 12.1 Å². The SMILES string of the molecule is OC(c1ccccc1)c1cc(Cl)nc(Cl)c1. The Kier molecular flexibility index (Phi) is 3.44. The molecule has 0 aliphatic carbocycles. The molecule has 0 amide bonds. The lowest BCUT2D eigenvalue weighted by molar-refractivity contribution is 0.220. The van der Waals surface area contributed by atoms with Crippen LogP contribution in [0.2, 0.25) is 10.3 Å². The summed E-state index contributed by atoms with van der Waals surface area (Å²) < 4.78 is 0. The normalized spacial score (nSPS) is 12.4. The third kappa shape index (κ3) is 2.53. The summed E-state index contributed by atoms with van der Waals surface area (Å²) in [5, 5.41) is 10.6. The summed E-state index contributed by atoms with van der Waals surface area (Å²) in [4.78, 5) is 3.83. The summed E-state index contributed by atoms with van der Waals surface area (Å²) in [5.41, 5.74) is 1.43. The van der Waals surface area contributed by atoms with Gasteiger partial charge in [0.2, 0.25) is 0 Å². The Balaban J connectivity index is 2.37. The molecule has 1 atom stereocenters. The molecule has 1 N–H and O–H groups in total. The van der Waals surface area contributed by atoms with Gasteiger partial charge in [-0.3, -0.25) is 0 Å². The van der Waals surface area contributed by atoms with Crippen molar-refractivity contribution in [3.63, 3.8) is 0 Å². The second-order valence-corrected chi connectivity index (χ2v) is 4.13. The zero-order valence-electron chi connectivity index (χ0n) is 8.27. The fourth-order valence-corrected chi connectivity index (χ4v) is 1.95. The van der Waals surface area contributed by atoms with Gasteiger partial charge in [0.15, 0.2) is 0 Å². The Morgan fingerprint density at radius 2 is 1.50 bits per heavy atom. The van der Waals surface area contributed by atoms with Gasteiger partial charge in [-0.25, -0.2) is 4.98 Å². The van der Waals surface area contributed by atoms with E-state index in [0.717, 1.165) is 5.56 Å². The highest BCUT2D eigenvalue weighted by atomic mass is 35.5. The molecule has 0 saturated heterocycles. The molecule has 1 aromatic carbocycles. The number of benzene rings is 1. The summed E-state index contributed by atoms with van der Waals surface area (Å²) in [6, 6.07) is 12.5. The Bertz CT molecular complexity index is 467. The van der Waals surface area contributed by atoms with E-state index in [4.69, 9.17) is 23.2 Å². The largest absolute Gasteiger partial charge is 0.384 e. The van der Waals surface area contributed by atoms with Crippen LogP contribution in [0.4, 0.5) is 0 Å². The molecule has 0 aliphatic heterocycles. The molecule has 1 unspecified atom stereocenters. The molecule has 82 valence electrons. The van der Waals surface area contributed by atoms with Gasteiger partial charge in [0, 0.05) is 0 Å². The summed E-state index contributed by atoms with van der Waals surface area (Å²) in [5.74, 6) is 0. The van der Waals surface area contributed by atoms with Gasteiger partial charge >= 0.3 is 0 Å². The maximum atomic E-state index is 10.1. The number of hydrogen-bond donors (Lipinski definition) is 1. The minimum Gasteiger partial charge on any atom is -0.384 e. The predicted octanol–water partition coefficient (Wildman–Crippen LogP) is 3.47. The molecule has 1 aromatic heterocycles. The van der Waals surface area contributed by atoms with Gasteiger partial charge in [0.1, 0.15) is 16.4 Å². The van der Waals surface area contributed by atoms with E-state index in [1.807, 2.05) is 30.3 Å². The zero-order chi connectivity index (χ0) is 11.5. The average molecular weight is 254 g/mol. The highest BCUT2D eigenvalue weighted by Gasteiger charge is 2.11. The topological polar surface area (TPSA) is 33.1 Å². The Labute approximate surface area is 103 Å². The lowest BCUT2D eigenvalue weighted by Crippen LogP contribution is -1.99. The number of nitrogens with zero attached hydrogens (tertiary/aromatic N) is 1. The van der Waals surface area contributed by atoms with E-state index in [-0.39, 0.29) is 10.3 Å². The highest BCUT2D eigenvalue weighted by molar-refractivity contribution is 6.32. The number of halogens is 2. The van der Waals surface area contributed by atoms with Crippen LogP contribution in [-0.2, 0) is 0 Å².